The van der Waals surface area contributed by atoms with Gasteiger partial charge in [0.2, 0.25) is 0 Å². The molecule has 114 valence electrons. The van der Waals surface area contributed by atoms with Gasteiger partial charge in [-0.05, 0) is 30.7 Å². The standard InChI is InChI=1S/C14H20F3NO2/c1-4-18-11(7-8-14(15,16)17)10-5-6-12(19-2)13(9-10)20-3/h5-6,9,11,18H,4,7-8H2,1-3H3. The van der Waals surface area contributed by atoms with Crippen LogP contribution in [0.1, 0.15) is 31.4 Å². The summed E-state index contributed by atoms with van der Waals surface area (Å²) < 4.78 is 47.4. The van der Waals surface area contributed by atoms with Gasteiger partial charge in [0.25, 0.3) is 0 Å². The maximum absolute atomic E-state index is 12.4. The minimum Gasteiger partial charge on any atom is -0.493 e. The third kappa shape index (κ3) is 4.92. The molecular formula is C14H20F3NO2. The summed E-state index contributed by atoms with van der Waals surface area (Å²) in [6, 6.07) is 4.81. The zero-order chi connectivity index (χ0) is 15.2. The van der Waals surface area contributed by atoms with E-state index in [1.165, 1.54) is 14.2 Å². The van der Waals surface area contributed by atoms with Crippen molar-refractivity contribution in [2.75, 3.05) is 20.8 Å². The van der Waals surface area contributed by atoms with Crippen LogP contribution in [0.3, 0.4) is 0 Å². The second kappa shape index (κ2) is 7.38. The Morgan fingerprint density at radius 1 is 1.15 bits per heavy atom. The molecule has 1 aromatic rings. The van der Waals surface area contributed by atoms with Gasteiger partial charge in [-0.25, -0.2) is 0 Å². The Morgan fingerprint density at radius 3 is 2.30 bits per heavy atom. The fraction of sp³-hybridized carbons (Fsp3) is 0.571. The van der Waals surface area contributed by atoms with Gasteiger partial charge in [-0.3, -0.25) is 0 Å². The number of hydrogen-bond donors (Lipinski definition) is 1. The van der Waals surface area contributed by atoms with Crippen molar-refractivity contribution >= 4 is 0 Å². The molecular weight excluding hydrogens is 271 g/mol. The molecule has 1 unspecified atom stereocenters. The highest BCUT2D eigenvalue weighted by atomic mass is 19.4. The second-order valence-corrected chi connectivity index (χ2v) is 4.38. The number of nitrogens with one attached hydrogen (secondary N) is 1. The van der Waals surface area contributed by atoms with Crippen LogP contribution in [-0.2, 0) is 0 Å². The lowest BCUT2D eigenvalue weighted by Crippen LogP contribution is -2.23. The maximum Gasteiger partial charge on any atom is 0.389 e. The van der Waals surface area contributed by atoms with Gasteiger partial charge in [0, 0.05) is 12.5 Å². The van der Waals surface area contributed by atoms with Gasteiger partial charge >= 0.3 is 6.18 Å². The van der Waals surface area contributed by atoms with Crippen LogP contribution >= 0.6 is 0 Å². The van der Waals surface area contributed by atoms with E-state index in [2.05, 4.69) is 5.32 Å². The number of halogens is 3. The third-order valence-corrected chi connectivity index (χ3v) is 2.98. The predicted molar refractivity (Wildman–Crippen MR) is 71.3 cm³/mol. The number of alkyl halides is 3. The van der Waals surface area contributed by atoms with Gasteiger partial charge in [-0.1, -0.05) is 13.0 Å². The normalized spacial score (nSPS) is 13.1. The molecule has 1 aromatic carbocycles. The van der Waals surface area contributed by atoms with Gasteiger partial charge in [0.05, 0.1) is 14.2 Å². The Kier molecular flexibility index (Phi) is 6.13. The van der Waals surface area contributed by atoms with Gasteiger partial charge in [-0.15, -0.1) is 0 Å². The first kappa shape index (κ1) is 16.6. The first-order valence-corrected chi connectivity index (χ1v) is 6.43. The molecule has 0 aliphatic heterocycles. The fourth-order valence-electron chi connectivity index (χ4n) is 2.01. The summed E-state index contributed by atoms with van der Waals surface area (Å²) >= 11 is 0. The Morgan fingerprint density at radius 2 is 1.80 bits per heavy atom. The SMILES string of the molecule is CCNC(CCC(F)(F)F)c1ccc(OC)c(OC)c1. The monoisotopic (exact) mass is 291 g/mol. The Balaban J connectivity index is 2.90. The van der Waals surface area contributed by atoms with E-state index >= 15 is 0 Å². The van der Waals surface area contributed by atoms with Crippen LogP contribution in [-0.4, -0.2) is 26.9 Å². The molecule has 6 heteroatoms. The van der Waals surface area contributed by atoms with Crippen LogP contribution in [0.15, 0.2) is 18.2 Å². The lowest BCUT2D eigenvalue weighted by atomic mass is 10.0. The molecule has 0 aliphatic rings. The molecule has 3 nitrogen and oxygen atoms in total. The molecule has 0 heterocycles. The van der Waals surface area contributed by atoms with Crippen molar-refractivity contribution in [3.05, 3.63) is 23.8 Å². The van der Waals surface area contributed by atoms with Gasteiger partial charge < -0.3 is 14.8 Å². The van der Waals surface area contributed by atoms with Crippen molar-refractivity contribution in [1.82, 2.24) is 5.32 Å². The van der Waals surface area contributed by atoms with E-state index in [0.717, 1.165) is 5.56 Å². The number of ether oxygens (including phenoxy) is 2. The van der Waals surface area contributed by atoms with Crippen molar-refractivity contribution in [3.8, 4) is 11.5 Å². The maximum atomic E-state index is 12.4. The van der Waals surface area contributed by atoms with Crippen molar-refractivity contribution in [2.24, 2.45) is 0 Å². The zero-order valence-corrected chi connectivity index (χ0v) is 11.9. The summed E-state index contributed by atoms with van der Waals surface area (Å²) in [5, 5.41) is 3.06. The molecule has 1 N–H and O–H groups in total. The lowest BCUT2D eigenvalue weighted by Gasteiger charge is -2.20. The molecule has 0 bridgehead atoms. The minimum atomic E-state index is -4.15. The molecule has 1 rings (SSSR count). The average Bonchev–Trinajstić information content (AvgIpc) is 2.41. The quantitative estimate of drug-likeness (QED) is 0.831. The molecule has 0 aliphatic carbocycles. The van der Waals surface area contributed by atoms with E-state index in [0.29, 0.717) is 18.0 Å². The first-order valence-electron chi connectivity index (χ1n) is 6.43. The number of methoxy groups -OCH3 is 2. The van der Waals surface area contributed by atoms with E-state index in [4.69, 9.17) is 9.47 Å². The second-order valence-electron chi connectivity index (χ2n) is 4.38. The summed E-state index contributed by atoms with van der Waals surface area (Å²) in [4.78, 5) is 0. The van der Waals surface area contributed by atoms with Crippen LogP contribution in [0.4, 0.5) is 13.2 Å². The summed E-state index contributed by atoms with van der Waals surface area (Å²) in [6.07, 6.45) is -4.98. The number of benzene rings is 1. The average molecular weight is 291 g/mol. The summed E-state index contributed by atoms with van der Waals surface area (Å²) in [7, 11) is 3.02. The lowest BCUT2D eigenvalue weighted by molar-refractivity contribution is -0.136. The molecule has 0 spiro atoms. The van der Waals surface area contributed by atoms with Crippen molar-refractivity contribution < 1.29 is 22.6 Å². The van der Waals surface area contributed by atoms with Crippen LogP contribution in [0.5, 0.6) is 11.5 Å². The number of hydrogen-bond acceptors (Lipinski definition) is 3. The zero-order valence-electron chi connectivity index (χ0n) is 11.9. The highest BCUT2D eigenvalue weighted by Gasteiger charge is 2.28. The summed E-state index contributed by atoms with van der Waals surface area (Å²) in [6.45, 7) is 2.46. The molecule has 0 radical (unpaired) electrons. The van der Waals surface area contributed by atoms with E-state index in [1.807, 2.05) is 6.92 Å². The largest absolute Gasteiger partial charge is 0.493 e. The van der Waals surface area contributed by atoms with Crippen LogP contribution < -0.4 is 14.8 Å². The Bertz CT molecular complexity index is 421. The van der Waals surface area contributed by atoms with Crippen molar-refractivity contribution in [3.63, 3.8) is 0 Å². The van der Waals surface area contributed by atoms with Gasteiger partial charge in [-0.2, -0.15) is 13.2 Å². The van der Waals surface area contributed by atoms with Crippen molar-refractivity contribution in [2.45, 2.75) is 32.0 Å². The van der Waals surface area contributed by atoms with Gasteiger partial charge in [0.15, 0.2) is 11.5 Å². The predicted octanol–water partition coefficient (Wildman–Crippen LogP) is 3.70. The smallest absolute Gasteiger partial charge is 0.389 e. The Hall–Kier alpha value is -1.43. The van der Waals surface area contributed by atoms with Crippen LogP contribution in [0.25, 0.3) is 0 Å². The minimum absolute atomic E-state index is 0.00712. The van der Waals surface area contributed by atoms with Crippen LogP contribution in [0.2, 0.25) is 0 Å². The molecule has 0 saturated carbocycles. The molecule has 0 fully saturated rings. The van der Waals surface area contributed by atoms with E-state index < -0.39 is 12.6 Å². The van der Waals surface area contributed by atoms with E-state index in [1.54, 1.807) is 18.2 Å². The topological polar surface area (TPSA) is 30.5 Å². The number of rotatable bonds is 7. The van der Waals surface area contributed by atoms with Crippen molar-refractivity contribution in [1.29, 1.82) is 0 Å². The highest BCUT2D eigenvalue weighted by molar-refractivity contribution is 5.43. The molecule has 0 amide bonds. The molecule has 0 aromatic heterocycles. The molecule has 1 atom stereocenters. The van der Waals surface area contributed by atoms with Crippen LogP contribution in [0, 0.1) is 0 Å². The van der Waals surface area contributed by atoms with E-state index in [9.17, 15) is 13.2 Å². The highest BCUT2D eigenvalue weighted by Crippen LogP contribution is 2.33. The fourth-order valence-corrected chi connectivity index (χ4v) is 2.01. The molecule has 20 heavy (non-hydrogen) atoms. The van der Waals surface area contributed by atoms with E-state index in [-0.39, 0.29) is 12.5 Å². The van der Waals surface area contributed by atoms with Gasteiger partial charge in [0.1, 0.15) is 0 Å². The summed E-state index contributed by atoms with van der Waals surface area (Å²) in [5.74, 6) is 1.07. The molecule has 0 saturated heterocycles. The Labute approximate surface area is 117 Å². The first-order chi connectivity index (χ1) is 9.41. The summed E-state index contributed by atoms with van der Waals surface area (Å²) in [5.41, 5.74) is 0.758. The third-order valence-electron chi connectivity index (χ3n) is 2.98.